The Balaban J connectivity index is 2.06. The summed E-state index contributed by atoms with van der Waals surface area (Å²) in [5.41, 5.74) is 7.51. The molecule has 3 atom stereocenters. The predicted octanol–water partition coefficient (Wildman–Crippen LogP) is 10.0. The molecular formula is C40H55NO4. The second kappa shape index (κ2) is 16.7. The zero-order chi connectivity index (χ0) is 33.9. The molecular weight excluding hydrogens is 558 g/mol. The van der Waals surface area contributed by atoms with Gasteiger partial charge in [-0.25, -0.2) is 0 Å². The van der Waals surface area contributed by atoms with Crippen LogP contribution in [0.1, 0.15) is 88.5 Å². The minimum atomic E-state index is -0.383. The normalized spacial score (nSPS) is 25.7. The first-order chi connectivity index (χ1) is 20.9. The molecule has 2 aliphatic rings. The van der Waals surface area contributed by atoms with Crippen LogP contribution in [0.2, 0.25) is 0 Å². The molecule has 0 radical (unpaired) electrons. The van der Waals surface area contributed by atoms with E-state index in [2.05, 4.69) is 65.8 Å². The van der Waals surface area contributed by atoms with Crippen LogP contribution in [0.3, 0.4) is 0 Å². The van der Waals surface area contributed by atoms with Crippen molar-refractivity contribution >= 4 is 0 Å². The largest absolute Gasteiger partial charge is 0.393 e. The molecule has 0 amide bonds. The lowest BCUT2D eigenvalue weighted by atomic mass is 9.67. The Hall–Kier alpha value is -3.54. The maximum Gasteiger partial charge on any atom is 0.269 e. The lowest BCUT2D eigenvalue weighted by Gasteiger charge is -2.38. The van der Waals surface area contributed by atoms with E-state index in [4.69, 9.17) is 0 Å². The molecule has 0 saturated carbocycles. The van der Waals surface area contributed by atoms with E-state index in [1.165, 1.54) is 22.8 Å². The molecule has 2 N–H and O–H groups in total. The van der Waals surface area contributed by atoms with Gasteiger partial charge >= 0.3 is 0 Å². The zero-order valence-corrected chi connectivity index (χ0v) is 29.1. The van der Waals surface area contributed by atoms with Gasteiger partial charge in [-0.15, -0.1) is 0 Å². The fourth-order valence-electron chi connectivity index (χ4n) is 6.33. The van der Waals surface area contributed by atoms with E-state index in [9.17, 15) is 20.3 Å². The molecule has 0 aromatic carbocycles. The second-order valence-electron chi connectivity index (χ2n) is 14.2. The molecule has 2 aliphatic carbocycles. The van der Waals surface area contributed by atoms with Crippen LogP contribution < -0.4 is 0 Å². The van der Waals surface area contributed by atoms with Gasteiger partial charge in [-0.1, -0.05) is 128 Å². The Kier molecular flexibility index (Phi) is 14.0. The van der Waals surface area contributed by atoms with Crippen molar-refractivity contribution in [2.75, 3.05) is 0 Å². The van der Waals surface area contributed by atoms with Crippen molar-refractivity contribution in [3.05, 3.63) is 140 Å². The topological polar surface area (TPSA) is 83.6 Å². The third kappa shape index (κ3) is 12.4. The molecule has 45 heavy (non-hydrogen) atoms. The van der Waals surface area contributed by atoms with E-state index in [-0.39, 0.29) is 39.6 Å². The van der Waals surface area contributed by atoms with Gasteiger partial charge in [0.2, 0.25) is 0 Å². The van der Waals surface area contributed by atoms with Gasteiger partial charge in [0.25, 0.3) is 5.70 Å². The minimum absolute atomic E-state index is 0.0130. The van der Waals surface area contributed by atoms with Gasteiger partial charge in [-0.05, 0) is 82.8 Å². The van der Waals surface area contributed by atoms with Crippen LogP contribution in [-0.2, 0) is 0 Å². The average molecular weight is 614 g/mol. The second-order valence-corrected chi connectivity index (χ2v) is 14.2. The van der Waals surface area contributed by atoms with Gasteiger partial charge in [0.15, 0.2) is 0 Å². The summed E-state index contributed by atoms with van der Waals surface area (Å²) in [7, 11) is 0. The smallest absolute Gasteiger partial charge is 0.269 e. The van der Waals surface area contributed by atoms with Gasteiger partial charge in [-0.2, -0.15) is 0 Å². The third-order valence-electron chi connectivity index (χ3n) is 8.60. The number of nitrogens with zero attached hydrogens (tertiary/aromatic N) is 1. The first-order valence-corrected chi connectivity index (χ1v) is 15.9. The van der Waals surface area contributed by atoms with Crippen LogP contribution in [0, 0.1) is 26.9 Å². The molecule has 0 bridgehead atoms. The molecule has 0 aromatic rings. The predicted molar refractivity (Wildman–Crippen MR) is 190 cm³/mol. The molecule has 5 heteroatoms. The molecule has 244 valence electrons. The Morgan fingerprint density at radius 1 is 0.844 bits per heavy atom. The van der Waals surface area contributed by atoms with Crippen molar-refractivity contribution < 1.29 is 15.1 Å². The molecule has 0 aromatic heterocycles. The molecule has 0 saturated heterocycles. The molecule has 0 unspecified atom stereocenters. The first-order valence-electron chi connectivity index (χ1n) is 15.9. The Morgan fingerprint density at radius 2 is 1.42 bits per heavy atom. The summed E-state index contributed by atoms with van der Waals surface area (Å²) in [6, 6.07) is 0. The number of nitro groups is 1. The monoisotopic (exact) mass is 613 g/mol. The molecule has 0 spiro atoms. The Labute approximate surface area is 272 Å². The summed E-state index contributed by atoms with van der Waals surface area (Å²) >= 11 is 0. The van der Waals surface area contributed by atoms with Crippen molar-refractivity contribution in [2.24, 2.45) is 16.7 Å². The molecule has 0 fully saturated rings. The summed E-state index contributed by atoms with van der Waals surface area (Å²) in [6.45, 7) is 20.7. The van der Waals surface area contributed by atoms with E-state index in [1.807, 2.05) is 70.2 Å². The van der Waals surface area contributed by atoms with Gasteiger partial charge in [0, 0.05) is 18.1 Å². The lowest BCUT2D eigenvalue weighted by molar-refractivity contribution is -0.419. The van der Waals surface area contributed by atoms with Gasteiger partial charge in [-0.3, -0.25) is 10.1 Å². The van der Waals surface area contributed by atoms with Crippen molar-refractivity contribution in [1.82, 2.24) is 0 Å². The molecule has 0 heterocycles. The van der Waals surface area contributed by atoms with Crippen LogP contribution in [0.4, 0.5) is 0 Å². The SMILES string of the molecule is CC1=C[C@H](O)CC(C)(C)[C@H]1/C=C/C(C)=C/C=C/C(C)=C/C(=C/C=C(C)/C=C/C=C(C)/C=C/C1=C(C)C[C@@H](O)CC1(C)C)[N+](=O)[O-]. The number of aliphatic hydroxyl groups is 2. The van der Waals surface area contributed by atoms with Crippen LogP contribution >= 0.6 is 0 Å². The number of hydrogen-bond donors (Lipinski definition) is 2. The standard InChI is InChI=1S/C40H55NO4/c1-28(13-11-14-29(2)18-21-37-32(5)24-35(42)26-39(37,7)8)17-20-34(41(44)45)23-31(4)16-12-15-30(3)19-22-38-33(6)25-36(43)27-40(38,9)10/h11-23,25,35-36,38,42-43H,24,26-27H2,1-10H3/b13-11+,16-12+,21-18+,22-19+,28-17+,29-14+,30-15+,31-23+,34-20-/t35-,36+,38+/m1/s1. The van der Waals surface area contributed by atoms with E-state index >= 15 is 0 Å². The fourth-order valence-corrected chi connectivity index (χ4v) is 6.33. The fraction of sp³-hybridized carbons (Fsp3) is 0.450. The Bertz CT molecular complexity index is 1430. The van der Waals surface area contributed by atoms with Crippen LogP contribution in [0.5, 0.6) is 0 Å². The number of aliphatic hydroxyl groups excluding tert-OH is 2. The average Bonchev–Trinajstić information content (AvgIpc) is 2.88. The zero-order valence-electron chi connectivity index (χ0n) is 29.1. The number of rotatable bonds is 11. The van der Waals surface area contributed by atoms with Gasteiger partial charge in [0.1, 0.15) is 0 Å². The highest BCUT2D eigenvalue weighted by molar-refractivity contribution is 5.38. The van der Waals surface area contributed by atoms with E-state index < -0.39 is 0 Å². The number of hydrogen-bond acceptors (Lipinski definition) is 4. The van der Waals surface area contributed by atoms with Gasteiger partial charge < -0.3 is 10.2 Å². The van der Waals surface area contributed by atoms with E-state index in [1.54, 1.807) is 12.2 Å². The summed E-state index contributed by atoms with van der Waals surface area (Å²) in [5, 5.41) is 31.9. The lowest BCUT2D eigenvalue weighted by Crippen LogP contribution is -2.32. The summed E-state index contributed by atoms with van der Waals surface area (Å²) < 4.78 is 0. The van der Waals surface area contributed by atoms with Crippen molar-refractivity contribution in [3.63, 3.8) is 0 Å². The van der Waals surface area contributed by atoms with Crippen LogP contribution in [-0.4, -0.2) is 27.3 Å². The molecule has 0 aliphatic heterocycles. The van der Waals surface area contributed by atoms with Crippen molar-refractivity contribution in [2.45, 2.75) is 101 Å². The third-order valence-corrected chi connectivity index (χ3v) is 8.60. The van der Waals surface area contributed by atoms with Crippen LogP contribution in [0.15, 0.2) is 130 Å². The van der Waals surface area contributed by atoms with E-state index in [0.29, 0.717) is 0 Å². The minimum Gasteiger partial charge on any atom is -0.393 e. The first kappa shape index (κ1) is 37.6. The maximum atomic E-state index is 11.7. The highest BCUT2D eigenvalue weighted by Gasteiger charge is 2.34. The molecule has 2 rings (SSSR count). The summed E-state index contributed by atoms with van der Waals surface area (Å²) in [4.78, 5) is 11.3. The maximum absolute atomic E-state index is 11.7. The van der Waals surface area contributed by atoms with Gasteiger partial charge in [0.05, 0.1) is 17.1 Å². The van der Waals surface area contributed by atoms with Crippen molar-refractivity contribution in [1.29, 1.82) is 0 Å². The number of allylic oxidation sites excluding steroid dienone is 19. The van der Waals surface area contributed by atoms with Crippen LogP contribution in [0.25, 0.3) is 0 Å². The highest BCUT2D eigenvalue weighted by Crippen LogP contribution is 2.42. The Morgan fingerprint density at radius 3 is 2.00 bits per heavy atom. The molecule has 5 nitrogen and oxygen atoms in total. The van der Waals surface area contributed by atoms with E-state index in [0.717, 1.165) is 41.6 Å². The highest BCUT2D eigenvalue weighted by atomic mass is 16.6. The quantitative estimate of drug-likeness (QED) is 0.105. The summed E-state index contributed by atoms with van der Waals surface area (Å²) in [6.07, 6.45) is 28.6. The van der Waals surface area contributed by atoms with Crippen molar-refractivity contribution in [3.8, 4) is 0 Å². The summed E-state index contributed by atoms with van der Waals surface area (Å²) in [5.74, 6) is 0.267.